The molecule has 8 nitrogen and oxygen atoms in total. The number of hydrogen-bond acceptors (Lipinski definition) is 5. The minimum Gasteiger partial charge on any atom is -0.483 e. The van der Waals surface area contributed by atoms with E-state index >= 15 is 0 Å². The van der Waals surface area contributed by atoms with E-state index in [0.29, 0.717) is 29.1 Å². The van der Waals surface area contributed by atoms with Gasteiger partial charge in [0.2, 0.25) is 0 Å². The van der Waals surface area contributed by atoms with Gasteiger partial charge in [-0.25, -0.2) is 4.68 Å². The first-order chi connectivity index (χ1) is 16.4. The molecule has 0 aliphatic rings. The Balaban J connectivity index is 1.49. The molecule has 0 radical (unpaired) electrons. The predicted molar refractivity (Wildman–Crippen MR) is 130 cm³/mol. The quantitative estimate of drug-likeness (QED) is 0.297. The summed E-state index contributed by atoms with van der Waals surface area (Å²) in [6, 6.07) is 23.6. The van der Waals surface area contributed by atoms with Gasteiger partial charge < -0.3 is 10.1 Å². The van der Waals surface area contributed by atoms with Crippen molar-refractivity contribution in [3.05, 3.63) is 111 Å². The number of nitro benzene ring substituents is 1. The Kier molecular flexibility index (Phi) is 6.68. The second kappa shape index (κ2) is 9.99. The van der Waals surface area contributed by atoms with Gasteiger partial charge in [0.05, 0.1) is 27.7 Å². The van der Waals surface area contributed by atoms with Crippen molar-refractivity contribution < 1.29 is 14.5 Å². The second-order valence-corrected chi connectivity index (χ2v) is 7.84. The fourth-order valence-corrected chi connectivity index (χ4v) is 3.74. The van der Waals surface area contributed by atoms with Crippen molar-refractivity contribution in [2.24, 2.45) is 0 Å². The number of amides is 1. The van der Waals surface area contributed by atoms with Crippen LogP contribution in [0.25, 0.3) is 5.69 Å². The van der Waals surface area contributed by atoms with Crippen LogP contribution in [0, 0.1) is 24.0 Å². The molecule has 0 spiro atoms. The van der Waals surface area contributed by atoms with E-state index in [-0.39, 0.29) is 18.2 Å². The molecule has 0 atom stereocenters. The number of rotatable bonds is 8. The van der Waals surface area contributed by atoms with Crippen LogP contribution < -0.4 is 10.1 Å². The molecule has 0 aliphatic carbocycles. The third kappa shape index (κ3) is 5.12. The Morgan fingerprint density at radius 1 is 1.03 bits per heavy atom. The van der Waals surface area contributed by atoms with Crippen LogP contribution in [0.4, 0.5) is 11.4 Å². The third-order valence-corrected chi connectivity index (χ3v) is 5.41. The number of anilines is 1. The van der Waals surface area contributed by atoms with Crippen molar-refractivity contribution in [1.29, 1.82) is 0 Å². The minimum atomic E-state index is -0.444. The number of para-hydroxylation sites is 1. The Labute approximate surface area is 197 Å². The van der Waals surface area contributed by atoms with Crippen LogP contribution in [-0.2, 0) is 11.2 Å². The first-order valence-corrected chi connectivity index (χ1v) is 10.8. The van der Waals surface area contributed by atoms with Crippen LogP contribution in [0.2, 0.25) is 0 Å². The molecule has 0 fully saturated rings. The van der Waals surface area contributed by atoms with Crippen molar-refractivity contribution in [3.8, 4) is 11.4 Å². The highest BCUT2D eigenvalue weighted by Gasteiger charge is 2.17. The summed E-state index contributed by atoms with van der Waals surface area (Å²) in [5.74, 6) is 0.0841. The number of hydrogen-bond donors (Lipinski definition) is 1. The van der Waals surface area contributed by atoms with E-state index in [9.17, 15) is 14.9 Å². The molecule has 0 saturated heterocycles. The molecule has 1 aromatic heterocycles. The smallest absolute Gasteiger partial charge is 0.269 e. The van der Waals surface area contributed by atoms with Gasteiger partial charge in [0.15, 0.2) is 6.61 Å². The molecule has 0 unspecified atom stereocenters. The molecule has 34 heavy (non-hydrogen) atoms. The number of nitrogens with one attached hydrogen (secondary N) is 1. The van der Waals surface area contributed by atoms with Crippen molar-refractivity contribution in [2.75, 3.05) is 11.9 Å². The van der Waals surface area contributed by atoms with Crippen LogP contribution in [-0.4, -0.2) is 27.2 Å². The topological polar surface area (TPSA) is 99.3 Å². The van der Waals surface area contributed by atoms with E-state index in [1.807, 2.05) is 74.5 Å². The first-order valence-electron chi connectivity index (χ1n) is 10.8. The lowest BCUT2D eigenvalue weighted by Gasteiger charge is -2.12. The van der Waals surface area contributed by atoms with Gasteiger partial charge in [-0.2, -0.15) is 5.10 Å². The molecule has 4 rings (SSSR count). The fourth-order valence-electron chi connectivity index (χ4n) is 3.74. The molecule has 8 heteroatoms. The number of carbonyl (C=O) groups excluding carboxylic acids is 1. The molecule has 1 amide bonds. The summed E-state index contributed by atoms with van der Waals surface area (Å²) in [5, 5.41) is 18.7. The zero-order valence-electron chi connectivity index (χ0n) is 18.9. The molecule has 3 aromatic carbocycles. The van der Waals surface area contributed by atoms with Crippen molar-refractivity contribution in [1.82, 2.24) is 9.78 Å². The Hall–Kier alpha value is -4.46. The number of carbonyl (C=O) groups is 1. The monoisotopic (exact) mass is 456 g/mol. The van der Waals surface area contributed by atoms with Gasteiger partial charge in [-0.3, -0.25) is 14.9 Å². The van der Waals surface area contributed by atoms with Gasteiger partial charge in [-0.1, -0.05) is 48.5 Å². The van der Waals surface area contributed by atoms with Gasteiger partial charge in [0.25, 0.3) is 11.6 Å². The lowest BCUT2D eigenvalue weighted by Crippen LogP contribution is -2.21. The molecule has 0 saturated carbocycles. The van der Waals surface area contributed by atoms with Crippen LogP contribution in [0.5, 0.6) is 5.75 Å². The van der Waals surface area contributed by atoms with E-state index in [1.165, 1.54) is 18.2 Å². The summed E-state index contributed by atoms with van der Waals surface area (Å²) in [5.41, 5.74) is 4.62. The number of benzene rings is 3. The molecule has 172 valence electrons. The van der Waals surface area contributed by atoms with Crippen LogP contribution in [0.1, 0.15) is 22.5 Å². The Morgan fingerprint density at radius 3 is 2.38 bits per heavy atom. The van der Waals surface area contributed by atoms with Crippen LogP contribution in [0.3, 0.4) is 0 Å². The SMILES string of the molecule is Cc1nn(-c2ccccc2)c(C)c1NC(=O)COc1ccc([N+](=O)[O-])cc1Cc1ccccc1. The molecular formula is C26H24N4O4. The molecule has 0 bridgehead atoms. The minimum absolute atomic E-state index is 0.0256. The second-order valence-electron chi connectivity index (χ2n) is 7.84. The largest absolute Gasteiger partial charge is 0.483 e. The maximum Gasteiger partial charge on any atom is 0.269 e. The number of nitrogens with zero attached hydrogens (tertiary/aromatic N) is 3. The van der Waals surface area contributed by atoms with Gasteiger partial charge in [0, 0.05) is 24.1 Å². The summed E-state index contributed by atoms with van der Waals surface area (Å²) in [6.07, 6.45) is 0.446. The van der Waals surface area contributed by atoms with Crippen molar-refractivity contribution in [2.45, 2.75) is 20.3 Å². The number of non-ortho nitro benzene ring substituents is 1. The highest BCUT2D eigenvalue weighted by Crippen LogP contribution is 2.27. The Morgan fingerprint density at radius 2 is 1.71 bits per heavy atom. The number of nitro groups is 1. The van der Waals surface area contributed by atoms with Gasteiger partial charge in [0.1, 0.15) is 5.75 Å². The summed E-state index contributed by atoms with van der Waals surface area (Å²) in [7, 11) is 0. The highest BCUT2D eigenvalue weighted by molar-refractivity contribution is 5.93. The van der Waals surface area contributed by atoms with E-state index in [4.69, 9.17) is 4.74 Å². The van der Waals surface area contributed by atoms with Crippen LogP contribution in [0.15, 0.2) is 78.9 Å². The molecule has 1 heterocycles. The molecular weight excluding hydrogens is 432 g/mol. The van der Waals surface area contributed by atoms with Gasteiger partial charge in [-0.15, -0.1) is 0 Å². The molecule has 4 aromatic rings. The number of ether oxygens (including phenoxy) is 1. The van der Waals surface area contributed by atoms with E-state index < -0.39 is 4.92 Å². The van der Waals surface area contributed by atoms with E-state index in [2.05, 4.69) is 10.4 Å². The third-order valence-electron chi connectivity index (χ3n) is 5.41. The van der Waals surface area contributed by atoms with E-state index in [0.717, 1.165) is 16.9 Å². The number of aromatic nitrogens is 2. The highest BCUT2D eigenvalue weighted by atomic mass is 16.6. The average Bonchev–Trinajstić information content (AvgIpc) is 3.12. The van der Waals surface area contributed by atoms with Crippen molar-refractivity contribution >= 4 is 17.3 Å². The average molecular weight is 457 g/mol. The van der Waals surface area contributed by atoms with Crippen molar-refractivity contribution in [3.63, 3.8) is 0 Å². The standard InChI is InChI=1S/C26H24N4O4/c1-18-26(19(2)29(28-18)22-11-7-4-8-12-22)27-25(31)17-34-24-14-13-23(30(32)33)16-21(24)15-20-9-5-3-6-10-20/h3-14,16H,15,17H2,1-2H3,(H,27,31). The maximum atomic E-state index is 12.7. The molecule has 1 N–H and O–H groups in total. The van der Waals surface area contributed by atoms with Gasteiger partial charge >= 0.3 is 0 Å². The molecule has 0 aliphatic heterocycles. The lowest BCUT2D eigenvalue weighted by molar-refractivity contribution is -0.384. The zero-order valence-corrected chi connectivity index (χ0v) is 18.9. The fraction of sp³-hybridized carbons (Fsp3) is 0.154. The normalized spacial score (nSPS) is 10.6. The number of aryl methyl sites for hydroxylation is 1. The summed E-state index contributed by atoms with van der Waals surface area (Å²) in [4.78, 5) is 23.5. The summed E-state index contributed by atoms with van der Waals surface area (Å²) in [6.45, 7) is 3.48. The maximum absolute atomic E-state index is 12.7. The zero-order chi connectivity index (χ0) is 24.1. The lowest BCUT2D eigenvalue weighted by atomic mass is 10.0. The van der Waals surface area contributed by atoms with E-state index in [1.54, 1.807) is 4.68 Å². The predicted octanol–water partition coefficient (Wildman–Crippen LogP) is 5.01. The summed E-state index contributed by atoms with van der Waals surface area (Å²) < 4.78 is 7.57. The summed E-state index contributed by atoms with van der Waals surface area (Å²) >= 11 is 0. The first kappa shape index (κ1) is 22.7. The van der Waals surface area contributed by atoms with Gasteiger partial charge in [-0.05, 0) is 37.6 Å². The Bertz CT molecular complexity index is 1320. The van der Waals surface area contributed by atoms with Crippen LogP contribution >= 0.6 is 0 Å².